The molecule has 2 nitrogen and oxygen atoms in total. The molecular formula is C17H22N2. The van der Waals surface area contributed by atoms with Crippen LogP contribution in [0, 0.1) is 0 Å². The van der Waals surface area contributed by atoms with Gasteiger partial charge in [-0.15, -0.1) is 0 Å². The molecule has 0 radical (unpaired) electrons. The fourth-order valence-electron chi connectivity index (χ4n) is 2.43. The van der Waals surface area contributed by atoms with Gasteiger partial charge < -0.3 is 10.6 Å². The van der Waals surface area contributed by atoms with Crippen molar-refractivity contribution in [3.63, 3.8) is 0 Å². The Bertz CT molecular complexity index is 497. The van der Waals surface area contributed by atoms with Gasteiger partial charge in [0.15, 0.2) is 0 Å². The summed E-state index contributed by atoms with van der Waals surface area (Å²) >= 11 is 0. The smallest absolute Gasteiger partial charge is 0.0432 e. The molecule has 0 aliphatic carbocycles. The van der Waals surface area contributed by atoms with Crippen LogP contribution in [0.3, 0.4) is 0 Å². The molecule has 0 bridgehead atoms. The van der Waals surface area contributed by atoms with E-state index in [9.17, 15) is 0 Å². The number of piperidine rings is 1. The van der Waals surface area contributed by atoms with Crippen LogP contribution in [0.15, 0.2) is 65.8 Å². The second-order valence-corrected chi connectivity index (χ2v) is 4.85. The maximum Gasteiger partial charge on any atom is 0.0432 e. The number of anilines is 1. The minimum atomic E-state index is 0.520. The largest absolute Gasteiger partial charge is 0.367 e. The molecule has 0 amide bonds. The molecule has 1 heterocycles. The van der Waals surface area contributed by atoms with E-state index in [-0.39, 0.29) is 0 Å². The third-order valence-electron chi connectivity index (χ3n) is 3.54. The Morgan fingerprint density at radius 2 is 2.05 bits per heavy atom. The predicted molar refractivity (Wildman–Crippen MR) is 83.3 cm³/mol. The van der Waals surface area contributed by atoms with Gasteiger partial charge in [-0.1, -0.05) is 36.9 Å². The molecule has 0 spiro atoms. The van der Waals surface area contributed by atoms with Gasteiger partial charge in [0, 0.05) is 25.3 Å². The number of hydrogen-bond donors (Lipinski definition) is 1. The van der Waals surface area contributed by atoms with Gasteiger partial charge in [-0.3, -0.25) is 0 Å². The molecule has 0 aromatic heterocycles. The van der Waals surface area contributed by atoms with E-state index < -0.39 is 0 Å². The summed E-state index contributed by atoms with van der Waals surface area (Å²) < 4.78 is 0. The summed E-state index contributed by atoms with van der Waals surface area (Å²) in [5.74, 6) is 0. The van der Waals surface area contributed by atoms with Gasteiger partial charge in [-0.05, 0) is 42.2 Å². The normalized spacial score (nSPS) is 20.0. The van der Waals surface area contributed by atoms with E-state index in [1.807, 2.05) is 0 Å². The van der Waals surface area contributed by atoms with E-state index in [4.69, 9.17) is 5.73 Å². The van der Waals surface area contributed by atoms with Crippen LogP contribution in [0.25, 0.3) is 0 Å². The standard InChI is InChI=1S/C17H22N2/c1-3-15-9-10-19(17-7-5-4-6-8-17)13-16(15)11-14(2)12-18/h3-8,11H,2,9-10,12-13,18H2,1H3/b15-3-,16-11-. The first kappa shape index (κ1) is 13.6. The molecule has 1 aromatic carbocycles. The molecule has 19 heavy (non-hydrogen) atoms. The van der Waals surface area contributed by atoms with Crippen LogP contribution in [0.1, 0.15) is 13.3 Å². The van der Waals surface area contributed by atoms with Crippen molar-refractivity contribution < 1.29 is 0 Å². The SMILES string of the molecule is C=C(/C=C1/CN(c2ccccc2)CC/C1=C/C)CN. The Morgan fingerprint density at radius 3 is 2.68 bits per heavy atom. The monoisotopic (exact) mass is 254 g/mol. The van der Waals surface area contributed by atoms with E-state index in [1.54, 1.807) is 0 Å². The predicted octanol–water partition coefficient (Wildman–Crippen LogP) is 3.28. The highest BCUT2D eigenvalue weighted by Crippen LogP contribution is 2.27. The van der Waals surface area contributed by atoms with Crippen molar-refractivity contribution in [2.75, 3.05) is 24.5 Å². The summed E-state index contributed by atoms with van der Waals surface area (Å²) in [6.45, 7) is 8.61. The van der Waals surface area contributed by atoms with E-state index >= 15 is 0 Å². The van der Waals surface area contributed by atoms with Crippen LogP contribution in [-0.4, -0.2) is 19.6 Å². The first-order valence-electron chi connectivity index (χ1n) is 6.78. The highest BCUT2D eigenvalue weighted by Gasteiger charge is 2.18. The third-order valence-corrected chi connectivity index (χ3v) is 3.54. The number of nitrogens with zero attached hydrogens (tertiary/aromatic N) is 1. The number of nitrogens with two attached hydrogens (primary N) is 1. The Kier molecular flexibility index (Phi) is 4.58. The number of benzene rings is 1. The number of hydrogen-bond acceptors (Lipinski definition) is 2. The second kappa shape index (κ2) is 6.39. The van der Waals surface area contributed by atoms with Gasteiger partial charge in [0.25, 0.3) is 0 Å². The van der Waals surface area contributed by atoms with Gasteiger partial charge in [0.2, 0.25) is 0 Å². The van der Waals surface area contributed by atoms with Crippen LogP contribution >= 0.6 is 0 Å². The topological polar surface area (TPSA) is 29.3 Å². The van der Waals surface area contributed by atoms with E-state index in [0.29, 0.717) is 6.54 Å². The zero-order valence-corrected chi connectivity index (χ0v) is 11.6. The summed E-state index contributed by atoms with van der Waals surface area (Å²) in [6.07, 6.45) is 5.43. The van der Waals surface area contributed by atoms with Crippen LogP contribution in [0.2, 0.25) is 0 Å². The Balaban J connectivity index is 2.21. The number of rotatable bonds is 3. The van der Waals surface area contributed by atoms with Crippen molar-refractivity contribution in [1.82, 2.24) is 0 Å². The van der Waals surface area contributed by atoms with Crippen molar-refractivity contribution in [1.29, 1.82) is 0 Å². The van der Waals surface area contributed by atoms with E-state index in [2.05, 4.69) is 60.9 Å². The average molecular weight is 254 g/mol. The molecule has 100 valence electrons. The van der Waals surface area contributed by atoms with Gasteiger partial charge in [0.1, 0.15) is 0 Å². The highest BCUT2D eigenvalue weighted by molar-refractivity contribution is 5.53. The lowest BCUT2D eigenvalue weighted by Gasteiger charge is -2.32. The van der Waals surface area contributed by atoms with Crippen LogP contribution in [0.5, 0.6) is 0 Å². The van der Waals surface area contributed by atoms with Gasteiger partial charge >= 0.3 is 0 Å². The summed E-state index contributed by atoms with van der Waals surface area (Å²) in [6, 6.07) is 10.6. The fourth-order valence-corrected chi connectivity index (χ4v) is 2.43. The minimum absolute atomic E-state index is 0.520. The number of allylic oxidation sites excluding steroid dienone is 1. The Hall–Kier alpha value is -1.80. The second-order valence-electron chi connectivity index (χ2n) is 4.85. The summed E-state index contributed by atoms with van der Waals surface area (Å²) in [5, 5.41) is 0. The minimum Gasteiger partial charge on any atom is -0.367 e. The molecule has 0 saturated carbocycles. The number of para-hydroxylation sites is 1. The van der Waals surface area contributed by atoms with Crippen molar-refractivity contribution >= 4 is 5.69 Å². The summed E-state index contributed by atoms with van der Waals surface area (Å²) in [7, 11) is 0. The fraction of sp³-hybridized carbons (Fsp3) is 0.294. The Labute approximate surface area is 115 Å². The molecule has 2 rings (SSSR count). The lowest BCUT2D eigenvalue weighted by molar-refractivity contribution is 0.764. The Morgan fingerprint density at radius 1 is 1.32 bits per heavy atom. The molecule has 1 fully saturated rings. The molecule has 1 aliphatic rings. The summed E-state index contributed by atoms with van der Waals surface area (Å²) in [5.41, 5.74) is 10.7. The lowest BCUT2D eigenvalue weighted by Crippen LogP contribution is -2.32. The van der Waals surface area contributed by atoms with Gasteiger partial charge in [-0.25, -0.2) is 0 Å². The van der Waals surface area contributed by atoms with E-state index in [1.165, 1.54) is 16.8 Å². The average Bonchev–Trinajstić information content (AvgIpc) is 2.48. The molecular weight excluding hydrogens is 232 g/mol. The molecule has 1 aliphatic heterocycles. The van der Waals surface area contributed by atoms with Crippen LogP contribution in [0.4, 0.5) is 5.69 Å². The van der Waals surface area contributed by atoms with Crippen molar-refractivity contribution in [3.05, 3.63) is 65.8 Å². The molecule has 0 atom stereocenters. The van der Waals surface area contributed by atoms with E-state index in [0.717, 1.165) is 25.1 Å². The quantitative estimate of drug-likeness (QED) is 0.897. The maximum atomic E-state index is 5.64. The third kappa shape index (κ3) is 3.36. The van der Waals surface area contributed by atoms with Crippen molar-refractivity contribution in [2.45, 2.75) is 13.3 Å². The first-order chi connectivity index (χ1) is 9.24. The lowest BCUT2D eigenvalue weighted by atomic mass is 9.95. The first-order valence-corrected chi connectivity index (χ1v) is 6.78. The van der Waals surface area contributed by atoms with Crippen LogP contribution in [-0.2, 0) is 0 Å². The van der Waals surface area contributed by atoms with Crippen LogP contribution < -0.4 is 10.6 Å². The zero-order chi connectivity index (χ0) is 13.7. The molecule has 1 aromatic rings. The zero-order valence-electron chi connectivity index (χ0n) is 11.6. The van der Waals surface area contributed by atoms with Gasteiger partial charge in [0.05, 0.1) is 0 Å². The maximum absolute atomic E-state index is 5.64. The molecule has 2 heteroatoms. The van der Waals surface area contributed by atoms with Crippen molar-refractivity contribution in [3.8, 4) is 0 Å². The molecule has 0 unspecified atom stereocenters. The highest BCUT2D eigenvalue weighted by atomic mass is 15.1. The summed E-state index contributed by atoms with van der Waals surface area (Å²) in [4.78, 5) is 2.41. The van der Waals surface area contributed by atoms with Crippen molar-refractivity contribution in [2.24, 2.45) is 5.73 Å². The molecule has 1 saturated heterocycles. The van der Waals surface area contributed by atoms with Gasteiger partial charge in [-0.2, -0.15) is 0 Å². The molecule has 2 N–H and O–H groups in total.